The molecule has 4 heteroatoms. The molecular weight excluding hydrogens is 266 g/mol. The van der Waals surface area contributed by atoms with Crippen molar-refractivity contribution >= 4 is 11.9 Å². The summed E-state index contributed by atoms with van der Waals surface area (Å²) in [5.41, 5.74) is 2.32. The second kappa shape index (κ2) is 5.88. The first-order valence-corrected chi connectivity index (χ1v) is 7.48. The van der Waals surface area contributed by atoms with Crippen LogP contribution in [0.15, 0.2) is 18.2 Å². The first-order chi connectivity index (χ1) is 9.83. The van der Waals surface area contributed by atoms with Crippen molar-refractivity contribution in [1.29, 1.82) is 0 Å². The van der Waals surface area contributed by atoms with Gasteiger partial charge in [-0.25, -0.2) is 0 Å². The molecule has 2 rings (SSSR count). The number of carbonyl (C=O) groups excluding carboxylic acids is 1. The molecule has 0 aromatic heterocycles. The number of carboxylic acids is 1. The molecular formula is C17H23NO3. The van der Waals surface area contributed by atoms with E-state index in [2.05, 4.69) is 11.4 Å². The van der Waals surface area contributed by atoms with Crippen LogP contribution in [0.25, 0.3) is 0 Å². The summed E-state index contributed by atoms with van der Waals surface area (Å²) in [5.74, 6) is -1.02. The van der Waals surface area contributed by atoms with Crippen molar-refractivity contribution in [2.24, 2.45) is 5.92 Å². The van der Waals surface area contributed by atoms with Gasteiger partial charge in [0.15, 0.2) is 0 Å². The van der Waals surface area contributed by atoms with Crippen molar-refractivity contribution in [1.82, 2.24) is 5.32 Å². The van der Waals surface area contributed by atoms with E-state index in [1.807, 2.05) is 26.0 Å². The predicted molar refractivity (Wildman–Crippen MR) is 81.4 cm³/mol. The largest absolute Gasteiger partial charge is 0.481 e. The maximum Gasteiger partial charge on any atom is 0.305 e. The Bertz CT molecular complexity index is 565. The lowest BCUT2D eigenvalue weighted by molar-refractivity contribution is -0.138. The smallest absolute Gasteiger partial charge is 0.305 e. The lowest BCUT2D eigenvalue weighted by Crippen LogP contribution is -2.51. The van der Waals surface area contributed by atoms with E-state index in [1.54, 1.807) is 6.92 Å². The van der Waals surface area contributed by atoms with E-state index in [9.17, 15) is 9.59 Å². The first-order valence-electron chi connectivity index (χ1n) is 7.48. The van der Waals surface area contributed by atoms with E-state index in [0.717, 1.165) is 24.8 Å². The summed E-state index contributed by atoms with van der Waals surface area (Å²) in [6, 6.07) is 5.81. The van der Waals surface area contributed by atoms with Crippen molar-refractivity contribution in [2.75, 3.05) is 0 Å². The molecule has 0 saturated heterocycles. The number of rotatable bonds is 5. The normalized spacial score (nSPS) is 16.4. The molecule has 0 heterocycles. The molecule has 1 unspecified atom stereocenters. The van der Waals surface area contributed by atoms with Gasteiger partial charge in [0, 0.05) is 5.56 Å². The van der Waals surface area contributed by atoms with E-state index in [1.165, 1.54) is 5.56 Å². The van der Waals surface area contributed by atoms with Crippen molar-refractivity contribution in [3.8, 4) is 0 Å². The second-order valence-electron chi connectivity index (χ2n) is 6.39. The summed E-state index contributed by atoms with van der Waals surface area (Å²) in [6.07, 6.45) is 2.95. The summed E-state index contributed by atoms with van der Waals surface area (Å²) >= 11 is 0. The number of carbonyl (C=O) groups is 2. The van der Waals surface area contributed by atoms with Gasteiger partial charge in [-0.3, -0.25) is 9.59 Å². The molecule has 1 aliphatic rings. The Hall–Kier alpha value is -1.84. The van der Waals surface area contributed by atoms with Gasteiger partial charge >= 0.3 is 5.97 Å². The fourth-order valence-electron chi connectivity index (χ4n) is 2.87. The summed E-state index contributed by atoms with van der Waals surface area (Å²) in [7, 11) is 0. The highest BCUT2D eigenvalue weighted by atomic mass is 16.4. The Kier molecular flexibility index (Phi) is 4.35. The maximum absolute atomic E-state index is 12.6. The van der Waals surface area contributed by atoms with Gasteiger partial charge in [0.2, 0.25) is 0 Å². The van der Waals surface area contributed by atoms with Crippen LogP contribution in [-0.2, 0) is 17.6 Å². The number of fused-ring (bicyclic) bond motifs is 1. The van der Waals surface area contributed by atoms with Crippen molar-refractivity contribution in [2.45, 2.75) is 52.0 Å². The van der Waals surface area contributed by atoms with E-state index >= 15 is 0 Å². The highest BCUT2D eigenvalue weighted by molar-refractivity contribution is 5.97. The molecule has 1 atom stereocenters. The zero-order valence-electron chi connectivity index (χ0n) is 12.9. The van der Waals surface area contributed by atoms with Gasteiger partial charge in [0.1, 0.15) is 0 Å². The molecule has 2 N–H and O–H groups in total. The van der Waals surface area contributed by atoms with Crippen LogP contribution in [0.3, 0.4) is 0 Å². The molecule has 114 valence electrons. The van der Waals surface area contributed by atoms with Crippen LogP contribution < -0.4 is 5.32 Å². The third-order valence-electron chi connectivity index (χ3n) is 4.58. The molecule has 4 nitrogen and oxygen atoms in total. The molecule has 0 fully saturated rings. The van der Waals surface area contributed by atoms with Crippen LogP contribution >= 0.6 is 0 Å². The second-order valence-corrected chi connectivity index (χ2v) is 6.39. The molecule has 1 amide bonds. The number of amides is 1. The minimum Gasteiger partial charge on any atom is -0.481 e. The monoisotopic (exact) mass is 289 g/mol. The van der Waals surface area contributed by atoms with Crippen LogP contribution in [0.5, 0.6) is 0 Å². The predicted octanol–water partition coefficient (Wildman–Crippen LogP) is 2.79. The number of aryl methyl sites for hydroxylation is 1. The van der Waals surface area contributed by atoms with Gasteiger partial charge in [-0.05, 0) is 49.3 Å². The average molecular weight is 289 g/mol. The summed E-state index contributed by atoms with van der Waals surface area (Å²) in [5, 5.41) is 12.0. The third kappa shape index (κ3) is 3.26. The highest BCUT2D eigenvalue weighted by Gasteiger charge is 2.33. The summed E-state index contributed by atoms with van der Waals surface area (Å²) in [6.45, 7) is 5.66. The number of hydrogen-bond donors (Lipinski definition) is 2. The summed E-state index contributed by atoms with van der Waals surface area (Å²) in [4.78, 5) is 23.7. The Balaban J connectivity index is 2.24. The molecule has 0 saturated carbocycles. The number of benzene rings is 1. The van der Waals surface area contributed by atoms with Crippen molar-refractivity contribution < 1.29 is 14.7 Å². The Labute approximate surface area is 125 Å². The molecule has 1 aliphatic carbocycles. The fraction of sp³-hybridized carbons (Fsp3) is 0.529. The van der Waals surface area contributed by atoms with Gasteiger partial charge < -0.3 is 10.4 Å². The lowest BCUT2D eigenvalue weighted by atomic mass is 9.84. The minimum atomic E-state index is -0.898. The van der Waals surface area contributed by atoms with Crippen LogP contribution in [0.1, 0.15) is 55.1 Å². The molecule has 21 heavy (non-hydrogen) atoms. The number of aliphatic carboxylic acids is 1. The molecule has 0 aliphatic heterocycles. The van der Waals surface area contributed by atoms with Crippen LogP contribution in [0, 0.1) is 5.92 Å². The van der Waals surface area contributed by atoms with E-state index in [4.69, 9.17) is 5.11 Å². The van der Waals surface area contributed by atoms with Crippen LogP contribution in [-0.4, -0.2) is 22.5 Å². The SMILES string of the molecule is CC(C)C(C)(CC(=O)O)NC(=O)c1cccc2c1CCC2. The standard InChI is InChI=1S/C17H23NO3/c1-11(2)17(3,10-15(19)20)18-16(21)14-9-5-7-12-6-4-8-13(12)14/h5,7,9,11H,4,6,8,10H2,1-3H3,(H,18,21)(H,19,20). The van der Waals surface area contributed by atoms with Crippen LogP contribution in [0.4, 0.5) is 0 Å². The molecule has 1 aromatic carbocycles. The van der Waals surface area contributed by atoms with Crippen LogP contribution in [0.2, 0.25) is 0 Å². The third-order valence-corrected chi connectivity index (χ3v) is 4.58. The average Bonchev–Trinajstić information content (AvgIpc) is 2.85. The zero-order chi connectivity index (χ0) is 15.6. The molecule has 0 radical (unpaired) electrons. The first kappa shape index (κ1) is 15.5. The Morgan fingerprint density at radius 2 is 2.05 bits per heavy atom. The van der Waals surface area contributed by atoms with Crippen molar-refractivity contribution in [3.63, 3.8) is 0 Å². The zero-order valence-corrected chi connectivity index (χ0v) is 12.9. The quantitative estimate of drug-likeness (QED) is 0.876. The van der Waals surface area contributed by atoms with Crippen molar-refractivity contribution in [3.05, 3.63) is 34.9 Å². The lowest BCUT2D eigenvalue weighted by Gasteiger charge is -2.33. The maximum atomic E-state index is 12.6. The number of carboxylic acid groups (broad SMARTS) is 1. The minimum absolute atomic E-state index is 0.0364. The fourth-order valence-corrected chi connectivity index (χ4v) is 2.87. The van der Waals surface area contributed by atoms with E-state index in [0.29, 0.717) is 5.56 Å². The summed E-state index contributed by atoms with van der Waals surface area (Å²) < 4.78 is 0. The Morgan fingerprint density at radius 3 is 2.67 bits per heavy atom. The Morgan fingerprint density at radius 1 is 1.33 bits per heavy atom. The van der Waals surface area contributed by atoms with Gasteiger partial charge in [-0.2, -0.15) is 0 Å². The van der Waals surface area contributed by atoms with Gasteiger partial charge in [0.25, 0.3) is 5.91 Å². The molecule has 0 bridgehead atoms. The molecule has 1 aromatic rings. The van der Waals surface area contributed by atoms with E-state index < -0.39 is 11.5 Å². The van der Waals surface area contributed by atoms with E-state index in [-0.39, 0.29) is 18.2 Å². The van der Waals surface area contributed by atoms with Gasteiger partial charge in [-0.1, -0.05) is 26.0 Å². The highest BCUT2D eigenvalue weighted by Crippen LogP contribution is 2.27. The van der Waals surface area contributed by atoms with Gasteiger partial charge in [0.05, 0.1) is 12.0 Å². The topological polar surface area (TPSA) is 66.4 Å². The van der Waals surface area contributed by atoms with Gasteiger partial charge in [-0.15, -0.1) is 0 Å². The number of hydrogen-bond acceptors (Lipinski definition) is 2. The number of nitrogens with one attached hydrogen (secondary N) is 1. The molecule has 0 spiro atoms.